The van der Waals surface area contributed by atoms with E-state index in [0.29, 0.717) is 5.75 Å². The van der Waals surface area contributed by atoms with Crippen LogP contribution in [0, 0.1) is 5.92 Å². The van der Waals surface area contributed by atoms with E-state index in [1.54, 1.807) is 31.2 Å². The minimum atomic E-state index is -1.18. The monoisotopic (exact) mass is 280 g/mol. The number of hydrogen-bond acceptors (Lipinski definition) is 4. The van der Waals surface area contributed by atoms with Gasteiger partial charge < -0.3 is 14.6 Å². The highest BCUT2D eigenvalue weighted by Crippen LogP contribution is 2.17. The molecule has 0 aromatic heterocycles. The molecule has 0 bridgehead atoms. The first kappa shape index (κ1) is 16.0. The van der Waals surface area contributed by atoms with Crippen molar-refractivity contribution < 1.29 is 24.2 Å². The van der Waals surface area contributed by atoms with Crippen LogP contribution in [0.1, 0.15) is 26.3 Å². The minimum Gasteiger partial charge on any atom is -0.491 e. The van der Waals surface area contributed by atoms with Gasteiger partial charge in [0.15, 0.2) is 5.92 Å². The molecule has 0 saturated carbocycles. The average Bonchev–Trinajstić information content (AvgIpc) is 2.37. The van der Waals surface area contributed by atoms with Gasteiger partial charge in [-0.3, -0.25) is 9.59 Å². The zero-order valence-electron chi connectivity index (χ0n) is 12.0. The molecule has 0 aliphatic rings. The van der Waals surface area contributed by atoms with Crippen molar-refractivity contribution in [1.82, 2.24) is 0 Å². The van der Waals surface area contributed by atoms with Gasteiger partial charge in [-0.2, -0.15) is 0 Å². The maximum absolute atomic E-state index is 11.6. The molecule has 20 heavy (non-hydrogen) atoms. The molecule has 1 aromatic rings. The Morgan fingerprint density at radius 2 is 1.80 bits per heavy atom. The summed E-state index contributed by atoms with van der Waals surface area (Å²) in [4.78, 5) is 22.7. The smallest absolute Gasteiger partial charge is 0.320 e. The van der Waals surface area contributed by atoms with E-state index in [-0.39, 0.29) is 19.1 Å². The highest BCUT2D eigenvalue weighted by atomic mass is 16.5. The standard InChI is InChI=1S/C15H20O5/c1-4-19-15(18)13(14(16)17)9-11-5-7-12(8-6-11)20-10(2)3/h5-8,10,13H,4,9H2,1-3H3,(H,16,17). The lowest BCUT2D eigenvalue weighted by atomic mass is 9.99. The molecule has 1 rings (SSSR count). The molecular formula is C15H20O5. The molecule has 110 valence electrons. The Bertz CT molecular complexity index is 450. The maximum atomic E-state index is 11.6. The average molecular weight is 280 g/mol. The lowest BCUT2D eigenvalue weighted by molar-refractivity contribution is -0.158. The van der Waals surface area contributed by atoms with Crippen molar-refractivity contribution in [2.24, 2.45) is 5.92 Å². The predicted molar refractivity (Wildman–Crippen MR) is 73.7 cm³/mol. The van der Waals surface area contributed by atoms with Crippen molar-refractivity contribution in [3.8, 4) is 5.75 Å². The minimum absolute atomic E-state index is 0.0761. The summed E-state index contributed by atoms with van der Waals surface area (Å²) in [6.07, 6.45) is 0.183. The molecule has 1 unspecified atom stereocenters. The van der Waals surface area contributed by atoms with E-state index >= 15 is 0 Å². The van der Waals surface area contributed by atoms with Crippen molar-refractivity contribution in [2.75, 3.05) is 6.61 Å². The summed E-state index contributed by atoms with van der Waals surface area (Å²) in [7, 11) is 0. The number of ether oxygens (including phenoxy) is 2. The lowest BCUT2D eigenvalue weighted by Crippen LogP contribution is -2.27. The van der Waals surface area contributed by atoms with Crippen LogP contribution in [0.5, 0.6) is 5.75 Å². The van der Waals surface area contributed by atoms with Crippen LogP contribution in [0.25, 0.3) is 0 Å². The summed E-state index contributed by atoms with van der Waals surface area (Å²) in [6, 6.07) is 7.04. The van der Waals surface area contributed by atoms with Gasteiger partial charge in [0.05, 0.1) is 12.7 Å². The van der Waals surface area contributed by atoms with Crippen LogP contribution < -0.4 is 4.74 Å². The molecule has 0 radical (unpaired) electrons. The third-order valence-corrected chi connectivity index (χ3v) is 2.60. The number of carbonyl (C=O) groups is 2. The summed E-state index contributed by atoms with van der Waals surface area (Å²) in [5.41, 5.74) is 0.751. The number of rotatable bonds is 7. The molecule has 5 nitrogen and oxygen atoms in total. The van der Waals surface area contributed by atoms with E-state index in [0.717, 1.165) is 5.56 Å². The fourth-order valence-electron chi connectivity index (χ4n) is 1.73. The van der Waals surface area contributed by atoms with E-state index in [1.807, 2.05) is 13.8 Å². The molecule has 0 amide bonds. The van der Waals surface area contributed by atoms with Crippen LogP contribution in [0.3, 0.4) is 0 Å². The SMILES string of the molecule is CCOC(=O)C(Cc1ccc(OC(C)C)cc1)C(=O)O. The third kappa shape index (κ3) is 4.91. The van der Waals surface area contributed by atoms with Gasteiger partial charge in [0, 0.05) is 0 Å². The zero-order chi connectivity index (χ0) is 15.1. The number of carboxylic acid groups (broad SMARTS) is 1. The normalized spacial score (nSPS) is 12.0. The van der Waals surface area contributed by atoms with Crippen molar-refractivity contribution >= 4 is 11.9 Å². The van der Waals surface area contributed by atoms with Gasteiger partial charge in [-0.05, 0) is 44.9 Å². The largest absolute Gasteiger partial charge is 0.491 e. The third-order valence-electron chi connectivity index (χ3n) is 2.60. The first-order valence-electron chi connectivity index (χ1n) is 6.59. The van der Waals surface area contributed by atoms with E-state index in [1.165, 1.54) is 0 Å². The van der Waals surface area contributed by atoms with Gasteiger partial charge in [0.25, 0.3) is 0 Å². The van der Waals surface area contributed by atoms with Gasteiger partial charge in [0.2, 0.25) is 0 Å². The summed E-state index contributed by atoms with van der Waals surface area (Å²) < 4.78 is 10.3. The molecule has 0 heterocycles. The Balaban J connectivity index is 2.74. The van der Waals surface area contributed by atoms with Crippen LogP contribution in [0.4, 0.5) is 0 Å². The molecule has 0 aliphatic carbocycles. The second kappa shape index (κ2) is 7.53. The Morgan fingerprint density at radius 3 is 2.25 bits per heavy atom. The molecule has 0 saturated heterocycles. The lowest BCUT2D eigenvalue weighted by Gasteiger charge is -2.13. The van der Waals surface area contributed by atoms with E-state index in [2.05, 4.69) is 0 Å². The topological polar surface area (TPSA) is 72.8 Å². The summed E-state index contributed by atoms with van der Waals surface area (Å²) in [5.74, 6) is -2.34. The van der Waals surface area contributed by atoms with Gasteiger partial charge in [0.1, 0.15) is 5.75 Å². The summed E-state index contributed by atoms with van der Waals surface area (Å²) in [6.45, 7) is 5.67. The van der Waals surface area contributed by atoms with Gasteiger partial charge in [-0.25, -0.2) is 0 Å². The zero-order valence-corrected chi connectivity index (χ0v) is 12.0. The first-order chi connectivity index (χ1) is 9.43. The molecule has 0 fully saturated rings. The molecule has 5 heteroatoms. The number of hydrogen-bond donors (Lipinski definition) is 1. The Hall–Kier alpha value is -2.04. The summed E-state index contributed by atoms with van der Waals surface area (Å²) >= 11 is 0. The van der Waals surface area contributed by atoms with Gasteiger partial charge in [-0.1, -0.05) is 12.1 Å². The maximum Gasteiger partial charge on any atom is 0.320 e. The van der Waals surface area contributed by atoms with Crippen molar-refractivity contribution in [1.29, 1.82) is 0 Å². The van der Waals surface area contributed by atoms with Crippen molar-refractivity contribution in [2.45, 2.75) is 33.3 Å². The second-order valence-corrected chi connectivity index (χ2v) is 4.66. The number of esters is 1. The molecule has 0 aliphatic heterocycles. The van der Waals surface area contributed by atoms with E-state index in [4.69, 9.17) is 14.6 Å². The van der Waals surface area contributed by atoms with Crippen LogP contribution in [-0.4, -0.2) is 29.8 Å². The molecule has 0 spiro atoms. The van der Waals surface area contributed by atoms with Crippen LogP contribution in [-0.2, 0) is 20.7 Å². The second-order valence-electron chi connectivity index (χ2n) is 4.66. The van der Waals surface area contributed by atoms with E-state index < -0.39 is 17.9 Å². The highest BCUT2D eigenvalue weighted by molar-refractivity contribution is 5.94. The van der Waals surface area contributed by atoms with Crippen molar-refractivity contribution in [3.63, 3.8) is 0 Å². The van der Waals surface area contributed by atoms with Crippen LogP contribution >= 0.6 is 0 Å². The predicted octanol–water partition coefficient (Wildman–Crippen LogP) is 2.28. The van der Waals surface area contributed by atoms with E-state index in [9.17, 15) is 9.59 Å². The number of carboxylic acids is 1. The Kier molecular flexibility index (Phi) is 6.03. The Labute approximate surface area is 118 Å². The van der Waals surface area contributed by atoms with Crippen LogP contribution in [0.15, 0.2) is 24.3 Å². The molecular weight excluding hydrogens is 260 g/mol. The van der Waals surface area contributed by atoms with Crippen molar-refractivity contribution in [3.05, 3.63) is 29.8 Å². The fourth-order valence-corrected chi connectivity index (χ4v) is 1.73. The molecule has 1 N–H and O–H groups in total. The van der Waals surface area contributed by atoms with Gasteiger partial charge in [-0.15, -0.1) is 0 Å². The number of aliphatic carboxylic acids is 1. The van der Waals surface area contributed by atoms with Gasteiger partial charge >= 0.3 is 11.9 Å². The first-order valence-corrected chi connectivity index (χ1v) is 6.59. The molecule has 1 aromatic carbocycles. The number of benzene rings is 1. The number of carbonyl (C=O) groups excluding carboxylic acids is 1. The fraction of sp³-hybridized carbons (Fsp3) is 0.467. The van der Waals surface area contributed by atoms with Crippen LogP contribution in [0.2, 0.25) is 0 Å². The quantitative estimate of drug-likeness (QED) is 0.612. The Morgan fingerprint density at radius 1 is 1.20 bits per heavy atom. The highest BCUT2D eigenvalue weighted by Gasteiger charge is 2.27. The molecule has 1 atom stereocenters. The summed E-state index contributed by atoms with van der Waals surface area (Å²) in [5, 5.41) is 9.08.